The van der Waals surface area contributed by atoms with Crippen LogP contribution in [0.3, 0.4) is 0 Å². The zero-order chi connectivity index (χ0) is 12.5. The Hall–Kier alpha value is -0.870. The van der Waals surface area contributed by atoms with Gasteiger partial charge in [-0.3, -0.25) is 4.90 Å². The molecule has 18 heavy (non-hydrogen) atoms. The number of hydrogen-bond donors (Lipinski definition) is 2. The van der Waals surface area contributed by atoms with E-state index < -0.39 is 0 Å². The Kier molecular flexibility index (Phi) is 3.39. The fourth-order valence-corrected chi connectivity index (χ4v) is 3.35. The smallest absolute Gasteiger partial charge is 0.108 e. The van der Waals surface area contributed by atoms with Gasteiger partial charge in [-0.15, -0.1) is 0 Å². The third-order valence-corrected chi connectivity index (χ3v) is 4.27. The molecule has 2 aliphatic heterocycles. The second-order valence-corrected chi connectivity index (χ2v) is 5.87. The molecule has 4 nitrogen and oxygen atoms in total. The molecule has 1 aromatic rings. The zero-order valence-corrected chi connectivity index (χ0v) is 11.5. The number of H-pyrrole nitrogens is 1. The first-order chi connectivity index (χ1) is 8.74. The van der Waals surface area contributed by atoms with Crippen molar-refractivity contribution >= 4 is 0 Å². The predicted octanol–water partition coefficient (Wildman–Crippen LogP) is 1.47. The molecule has 0 amide bonds. The third-order valence-electron chi connectivity index (χ3n) is 4.27. The summed E-state index contributed by atoms with van der Waals surface area (Å²) in [5, 5.41) is 3.39. The summed E-state index contributed by atoms with van der Waals surface area (Å²) >= 11 is 0. The van der Waals surface area contributed by atoms with E-state index >= 15 is 0 Å². The molecular weight excluding hydrogens is 224 g/mol. The maximum atomic E-state index is 4.79. The predicted molar refractivity (Wildman–Crippen MR) is 72.6 cm³/mol. The largest absolute Gasteiger partial charge is 0.345 e. The number of aromatic nitrogens is 2. The van der Waals surface area contributed by atoms with Crippen molar-refractivity contribution in [3.05, 3.63) is 17.2 Å². The second kappa shape index (κ2) is 5.02. The van der Waals surface area contributed by atoms with E-state index in [0.717, 1.165) is 25.9 Å². The van der Waals surface area contributed by atoms with Gasteiger partial charge in [0, 0.05) is 38.0 Å². The molecule has 1 unspecified atom stereocenters. The maximum Gasteiger partial charge on any atom is 0.108 e. The van der Waals surface area contributed by atoms with Crippen LogP contribution in [-0.2, 0) is 19.4 Å². The fourth-order valence-electron chi connectivity index (χ4n) is 3.35. The first kappa shape index (κ1) is 12.2. The molecule has 3 heterocycles. The van der Waals surface area contributed by atoms with Crippen molar-refractivity contribution in [2.75, 3.05) is 13.1 Å². The van der Waals surface area contributed by atoms with Gasteiger partial charge in [0.05, 0.1) is 11.4 Å². The molecule has 2 N–H and O–H groups in total. The molecule has 0 spiro atoms. The molecule has 0 bridgehead atoms. The van der Waals surface area contributed by atoms with E-state index in [1.165, 1.54) is 36.6 Å². The van der Waals surface area contributed by atoms with E-state index in [1.807, 2.05) is 0 Å². The van der Waals surface area contributed by atoms with Crippen LogP contribution in [0.4, 0.5) is 0 Å². The lowest BCUT2D eigenvalue weighted by atomic mass is 10.1. The second-order valence-electron chi connectivity index (χ2n) is 5.87. The number of aromatic amines is 1. The van der Waals surface area contributed by atoms with Gasteiger partial charge < -0.3 is 10.3 Å². The minimum Gasteiger partial charge on any atom is -0.345 e. The van der Waals surface area contributed by atoms with Gasteiger partial charge in [0.2, 0.25) is 0 Å². The zero-order valence-electron chi connectivity index (χ0n) is 11.5. The van der Waals surface area contributed by atoms with Gasteiger partial charge in [-0.2, -0.15) is 0 Å². The van der Waals surface area contributed by atoms with Crippen LogP contribution in [0.1, 0.15) is 43.9 Å². The van der Waals surface area contributed by atoms with Crippen molar-refractivity contribution < 1.29 is 0 Å². The quantitative estimate of drug-likeness (QED) is 0.851. The van der Waals surface area contributed by atoms with Crippen LogP contribution in [0.25, 0.3) is 0 Å². The van der Waals surface area contributed by atoms with E-state index in [9.17, 15) is 0 Å². The summed E-state index contributed by atoms with van der Waals surface area (Å²) in [4.78, 5) is 10.9. The Morgan fingerprint density at radius 1 is 1.44 bits per heavy atom. The van der Waals surface area contributed by atoms with E-state index in [-0.39, 0.29) is 0 Å². The van der Waals surface area contributed by atoms with Crippen molar-refractivity contribution in [1.82, 2.24) is 20.2 Å². The highest BCUT2D eigenvalue weighted by molar-refractivity contribution is 5.18. The number of likely N-dealkylation sites (tertiary alicyclic amines) is 1. The standard InChI is InChI=1S/C14H24N4/c1-10(2)18-7-3-4-11(18)8-14-16-12-5-6-15-9-13(12)17-14/h10-11,15H,3-9H2,1-2H3,(H,16,17). The molecular formula is C14H24N4. The molecule has 0 aliphatic carbocycles. The van der Waals surface area contributed by atoms with Gasteiger partial charge >= 0.3 is 0 Å². The highest BCUT2D eigenvalue weighted by Gasteiger charge is 2.27. The maximum absolute atomic E-state index is 4.79. The van der Waals surface area contributed by atoms with Crippen LogP contribution in [0, 0.1) is 0 Å². The molecule has 1 saturated heterocycles. The van der Waals surface area contributed by atoms with E-state index in [2.05, 4.69) is 29.0 Å². The number of nitrogens with zero attached hydrogens (tertiary/aromatic N) is 2. The number of hydrogen-bond acceptors (Lipinski definition) is 3. The third kappa shape index (κ3) is 2.31. The van der Waals surface area contributed by atoms with Gasteiger partial charge in [0.15, 0.2) is 0 Å². The van der Waals surface area contributed by atoms with Crippen LogP contribution >= 0.6 is 0 Å². The van der Waals surface area contributed by atoms with Crippen molar-refractivity contribution in [3.63, 3.8) is 0 Å². The lowest BCUT2D eigenvalue weighted by Crippen LogP contribution is -2.36. The topological polar surface area (TPSA) is 44.0 Å². The summed E-state index contributed by atoms with van der Waals surface area (Å²) in [6, 6.07) is 1.34. The van der Waals surface area contributed by atoms with Crippen molar-refractivity contribution in [3.8, 4) is 0 Å². The first-order valence-electron chi connectivity index (χ1n) is 7.27. The van der Waals surface area contributed by atoms with Crippen LogP contribution < -0.4 is 5.32 Å². The first-order valence-corrected chi connectivity index (χ1v) is 7.27. The molecule has 0 radical (unpaired) electrons. The van der Waals surface area contributed by atoms with Crippen molar-refractivity contribution in [1.29, 1.82) is 0 Å². The molecule has 100 valence electrons. The van der Waals surface area contributed by atoms with E-state index in [4.69, 9.17) is 4.98 Å². The Morgan fingerprint density at radius 3 is 3.11 bits per heavy atom. The molecule has 0 saturated carbocycles. The summed E-state index contributed by atoms with van der Waals surface area (Å²) in [6.45, 7) is 7.88. The lowest BCUT2D eigenvalue weighted by Gasteiger charge is -2.27. The minimum atomic E-state index is 0.656. The lowest BCUT2D eigenvalue weighted by molar-refractivity contribution is 0.201. The monoisotopic (exact) mass is 248 g/mol. The highest BCUT2D eigenvalue weighted by atomic mass is 15.2. The highest BCUT2D eigenvalue weighted by Crippen LogP contribution is 2.23. The number of nitrogens with one attached hydrogen (secondary N) is 2. The molecule has 1 fully saturated rings. The average molecular weight is 248 g/mol. The van der Waals surface area contributed by atoms with Gasteiger partial charge in [0.1, 0.15) is 5.82 Å². The summed E-state index contributed by atoms with van der Waals surface area (Å²) in [6.07, 6.45) is 4.82. The molecule has 0 aromatic carbocycles. The van der Waals surface area contributed by atoms with Crippen LogP contribution in [0.2, 0.25) is 0 Å². The molecule has 4 heteroatoms. The van der Waals surface area contributed by atoms with Gasteiger partial charge in [-0.25, -0.2) is 4.98 Å². The Morgan fingerprint density at radius 2 is 2.33 bits per heavy atom. The number of rotatable bonds is 3. The average Bonchev–Trinajstić information content (AvgIpc) is 2.94. The Labute approximate surface area is 109 Å². The van der Waals surface area contributed by atoms with Crippen LogP contribution in [0.5, 0.6) is 0 Å². The number of fused-ring (bicyclic) bond motifs is 1. The SMILES string of the molecule is CC(C)N1CCCC1Cc1nc2c([nH]1)CNCC2. The summed E-state index contributed by atoms with van der Waals surface area (Å²) in [5.74, 6) is 1.20. The molecule has 1 atom stereocenters. The fraction of sp³-hybridized carbons (Fsp3) is 0.786. The van der Waals surface area contributed by atoms with Gasteiger partial charge in [0.25, 0.3) is 0 Å². The number of imidazole rings is 1. The van der Waals surface area contributed by atoms with E-state index in [1.54, 1.807) is 0 Å². The Bertz CT molecular complexity index is 386. The van der Waals surface area contributed by atoms with Gasteiger partial charge in [-0.05, 0) is 33.2 Å². The van der Waals surface area contributed by atoms with Crippen molar-refractivity contribution in [2.24, 2.45) is 0 Å². The molecule has 1 aromatic heterocycles. The summed E-state index contributed by atoms with van der Waals surface area (Å²) in [7, 11) is 0. The minimum absolute atomic E-state index is 0.656. The molecule has 2 aliphatic rings. The van der Waals surface area contributed by atoms with E-state index in [0.29, 0.717) is 12.1 Å². The van der Waals surface area contributed by atoms with Crippen LogP contribution in [-0.4, -0.2) is 40.0 Å². The van der Waals surface area contributed by atoms with Crippen LogP contribution in [0.15, 0.2) is 0 Å². The normalized spacial score (nSPS) is 24.7. The van der Waals surface area contributed by atoms with Gasteiger partial charge in [-0.1, -0.05) is 0 Å². The van der Waals surface area contributed by atoms with Crippen molar-refractivity contribution in [2.45, 2.75) is 58.2 Å². The summed E-state index contributed by atoms with van der Waals surface area (Å²) in [5.41, 5.74) is 2.60. The molecule has 3 rings (SSSR count). The summed E-state index contributed by atoms with van der Waals surface area (Å²) < 4.78 is 0. The Balaban J connectivity index is 1.70.